The number of halogens is 1. The molecule has 96 valence electrons. The second-order valence-corrected chi connectivity index (χ2v) is 4.58. The first-order valence-corrected chi connectivity index (χ1v) is 5.77. The fourth-order valence-electron chi connectivity index (χ4n) is 1.80. The maximum atomic E-state index is 13.1. The van der Waals surface area contributed by atoms with Crippen LogP contribution >= 0.6 is 0 Å². The number of hydrogen-bond acceptors (Lipinski definition) is 3. The van der Waals surface area contributed by atoms with Crippen LogP contribution in [0.25, 0.3) is 0 Å². The number of nitrogens with two attached hydrogens (primary N) is 1. The van der Waals surface area contributed by atoms with Crippen LogP contribution in [0.1, 0.15) is 13.8 Å². The summed E-state index contributed by atoms with van der Waals surface area (Å²) in [6.45, 7) is 5.04. The van der Waals surface area contributed by atoms with Gasteiger partial charge in [-0.25, -0.2) is 4.39 Å². The Bertz CT molecular complexity index is 357. The third-order valence-corrected chi connectivity index (χ3v) is 3.09. The Morgan fingerprint density at radius 3 is 2.65 bits per heavy atom. The Morgan fingerprint density at radius 1 is 1.47 bits per heavy atom. The maximum Gasteiger partial charge on any atom is 0.125 e. The van der Waals surface area contributed by atoms with Gasteiger partial charge < -0.3 is 15.8 Å². The van der Waals surface area contributed by atoms with Crippen molar-refractivity contribution in [3.05, 3.63) is 30.1 Å². The van der Waals surface area contributed by atoms with Gasteiger partial charge in [0.15, 0.2) is 0 Å². The van der Waals surface area contributed by atoms with Gasteiger partial charge in [0, 0.05) is 19.3 Å². The largest absolute Gasteiger partial charge is 0.382 e. The second kappa shape index (κ2) is 5.98. The molecule has 3 N–H and O–H groups in total. The van der Waals surface area contributed by atoms with Gasteiger partial charge in [-0.15, -0.1) is 0 Å². The van der Waals surface area contributed by atoms with Crippen LogP contribution in [0, 0.1) is 11.7 Å². The molecule has 0 saturated heterocycles. The van der Waals surface area contributed by atoms with Gasteiger partial charge in [-0.3, -0.25) is 0 Å². The highest BCUT2D eigenvalue weighted by atomic mass is 19.1. The molecule has 3 nitrogen and oxygen atoms in total. The summed E-state index contributed by atoms with van der Waals surface area (Å²) >= 11 is 0. The Kier molecular flexibility index (Phi) is 4.90. The van der Waals surface area contributed by atoms with Gasteiger partial charge in [-0.05, 0) is 24.1 Å². The molecule has 4 heteroatoms. The highest BCUT2D eigenvalue weighted by molar-refractivity contribution is 5.46. The molecule has 0 aliphatic heterocycles. The van der Waals surface area contributed by atoms with E-state index in [2.05, 4.69) is 19.2 Å². The summed E-state index contributed by atoms with van der Waals surface area (Å²) in [5.74, 6) is 0.0119. The van der Waals surface area contributed by atoms with Crippen LogP contribution in [0.15, 0.2) is 24.3 Å². The molecule has 17 heavy (non-hydrogen) atoms. The van der Waals surface area contributed by atoms with Gasteiger partial charge in [0.05, 0.1) is 12.1 Å². The van der Waals surface area contributed by atoms with Crippen LogP contribution in [-0.4, -0.2) is 25.8 Å². The highest BCUT2D eigenvalue weighted by Crippen LogP contribution is 2.23. The van der Waals surface area contributed by atoms with Crippen molar-refractivity contribution in [1.82, 2.24) is 0 Å². The standard InChI is InChI=1S/C13H21FN2O/c1-10(2)13(8-15,9-17-3)16-12-6-4-5-11(14)7-12/h4-7,10,16H,8-9,15H2,1-3H3. The van der Waals surface area contributed by atoms with E-state index in [1.165, 1.54) is 12.1 Å². The average molecular weight is 240 g/mol. The highest BCUT2D eigenvalue weighted by Gasteiger charge is 2.32. The summed E-state index contributed by atoms with van der Waals surface area (Å²) in [4.78, 5) is 0. The number of ether oxygens (including phenoxy) is 1. The van der Waals surface area contributed by atoms with Crippen LogP contribution in [0.4, 0.5) is 10.1 Å². The maximum absolute atomic E-state index is 13.1. The molecular formula is C13H21FN2O. The minimum Gasteiger partial charge on any atom is -0.382 e. The predicted octanol–water partition coefficient (Wildman–Crippen LogP) is 2.24. The lowest BCUT2D eigenvalue weighted by Gasteiger charge is -2.37. The normalized spacial score (nSPS) is 14.7. The van der Waals surface area contributed by atoms with Crippen molar-refractivity contribution >= 4 is 5.69 Å². The first-order valence-electron chi connectivity index (χ1n) is 5.77. The smallest absolute Gasteiger partial charge is 0.125 e. The van der Waals surface area contributed by atoms with E-state index in [1.807, 2.05) is 6.07 Å². The third-order valence-electron chi connectivity index (χ3n) is 3.09. The summed E-state index contributed by atoms with van der Waals surface area (Å²) in [5, 5.41) is 3.29. The van der Waals surface area contributed by atoms with Crippen molar-refractivity contribution in [3.8, 4) is 0 Å². The summed E-state index contributed by atoms with van der Waals surface area (Å²) in [6.07, 6.45) is 0. The van der Waals surface area contributed by atoms with Crippen molar-refractivity contribution in [2.45, 2.75) is 19.4 Å². The molecule has 0 spiro atoms. The van der Waals surface area contributed by atoms with Crippen LogP contribution < -0.4 is 11.1 Å². The van der Waals surface area contributed by atoms with Crippen LogP contribution in [0.2, 0.25) is 0 Å². The molecule has 0 amide bonds. The molecule has 0 aliphatic carbocycles. The van der Waals surface area contributed by atoms with Crippen molar-refractivity contribution in [1.29, 1.82) is 0 Å². The number of methoxy groups -OCH3 is 1. The number of benzene rings is 1. The van der Waals surface area contributed by atoms with E-state index in [0.717, 1.165) is 5.69 Å². The molecule has 0 fully saturated rings. The SMILES string of the molecule is COCC(CN)(Nc1cccc(F)c1)C(C)C. The summed E-state index contributed by atoms with van der Waals surface area (Å²) in [6, 6.07) is 6.38. The lowest BCUT2D eigenvalue weighted by Crippen LogP contribution is -2.53. The molecule has 0 saturated carbocycles. The molecule has 1 aromatic carbocycles. The Balaban J connectivity index is 2.92. The van der Waals surface area contributed by atoms with Crippen molar-refractivity contribution in [2.75, 3.05) is 25.6 Å². The Labute approximate surface area is 102 Å². The average Bonchev–Trinajstić information content (AvgIpc) is 2.28. The summed E-state index contributed by atoms with van der Waals surface area (Å²) in [5.41, 5.74) is 6.20. The van der Waals surface area contributed by atoms with Gasteiger partial charge in [0.25, 0.3) is 0 Å². The number of hydrogen-bond donors (Lipinski definition) is 2. The van der Waals surface area contributed by atoms with Crippen molar-refractivity contribution < 1.29 is 9.13 Å². The van der Waals surface area contributed by atoms with Gasteiger partial charge in [-0.2, -0.15) is 0 Å². The number of rotatable bonds is 6. The molecule has 0 bridgehead atoms. The van der Waals surface area contributed by atoms with Gasteiger partial charge in [0.1, 0.15) is 5.82 Å². The minimum absolute atomic E-state index is 0.262. The molecule has 1 atom stereocenters. The second-order valence-electron chi connectivity index (χ2n) is 4.58. The third kappa shape index (κ3) is 3.41. The molecule has 1 rings (SSSR count). The van der Waals surface area contributed by atoms with Crippen molar-refractivity contribution in [3.63, 3.8) is 0 Å². The molecule has 0 radical (unpaired) electrons. The molecule has 1 unspecified atom stereocenters. The van der Waals surface area contributed by atoms with Crippen LogP contribution in [0.5, 0.6) is 0 Å². The van der Waals surface area contributed by atoms with Gasteiger partial charge in [0.2, 0.25) is 0 Å². The van der Waals surface area contributed by atoms with E-state index in [-0.39, 0.29) is 17.3 Å². The molecule has 1 aromatic rings. The van der Waals surface area contributed by atoms with E-state index < -0.39 is 0 Å². The lowest BCUT2D eigenvalue weighted by atomic mass is 9.86. The lowest BCUT2D eigenvalue weighted by molar-refractivity contribution is 0.121. The van der Waals surface area contributed by atoms with Gasteiger partial charge in [-0.1, -0.05) is 19.9 Å². The first kappa shape index (κ1) is 13.9. The number of nitrogens with one attached hydrogen (secondary N) is 1. The van der Waals surface area contributed by atoms with E-state index in [1.54, 1.807) is 13.2 Å². The zero-order valence-corrected chi connectivity index (χ0v) is 10.7. The quantitative estimate of drug-likeness (QED) is 0.801. The summed E-state index contributed by atoms with van der Waals surface area (Å²) < 4.78 is 18.4. The summed E-state index contributed by atoms with van der Waals surface area (Å²) in [7, 11) is 1.64. The fourth-order valence-corrected chi connectivity index (χ4v) is 1.80. The Hall–Kier alpha value is -1.13. The molecular weight excluding hydrogens is 219 g/mol. The van der Waals surface area contributed by atoms with Crippen LogP contribution in [-0.2, 0) is 4.74 Å². The van der Waals surface area contributed by atoms with Crippen LogP contribution in [0.3, 0.4) is 0 Å². The van der Waals surface area contributed by atoms with E-state index in [4.69, 9.17) is 10.5 Å². The van der Waals surface area contributed by atoms with E-state index in [9.17, 15) is 4.39 Å². The molecule has 0 heterocycles. The zero-order chi connectivity index (χ0) is 12.9. The van der Waals surface area contributed by atoms with E-state index in [0.29, 0.717) is 13.2 Å². The zero-order valence-electron chi connectivity index (χ0n) is 10.7. The molecule has 0 aromatic heterocycles. The monoisotopic (exact) mass is 240 g/mol. The first-order chi connectivity index (χ1) is 8.04. The Morgan fingerprint density at radius 2 is 2.18 bits per heavy atom. The topological polar surface area (TPSA) is 47.3 Å². The van der Waals surface area contributed by atoms with E-state index >= 15 is 0 Å². The minimum atomic E-state index is -0.372. The molecule has 0 aliphatic rings. The predicted molar refractivity (Wildman–Crippen MR) is 68.5 cm³/mol. The fraction of sp³-hybridized carbons (Fsp3) is 0.538. The van der Waals surface area contributed by atoms with Gasteiger partial charge >= 0.3 is 0 Å². The van der Waals surface area contributed by atoms with Crippen molar-refractivity contribution in [2.24, 2.45) is 11.7 Å². The number of anilines is 1.